The fourth-order valence-electron chi connectivity index (χ4n) is 4.68. The fraction of sp³-hybridized carbons (Fsp3) is 0.250. The average molecular weight is 411 g/mol. The van der Waals surface area contributed by atoms with Gasteiger partial charge in [-0.3, -0.25) is 0 Å². The minimum absolute atomic E-state index is 0.0845. The third-order valence-corrected chi connectivity index (χ3v) is 6.21. The Morgan fingerprint density at radius 2 is 1.55 bits per heavy atom. The van der Waals surface area contributed by atoms with Gasteiger partial charge in [-0.25, -0.2) is 0 Å². The van der Waals surface area contributed by atoms with Gasteiger partial charge in [0.1, 0.15) is 6.21 Å². The number of hydrogen-bond donors (Lipinski definition) is 0. The van der Waals surface area contributed by atoms with Crippen LogP contribution < -0.4 is 4.90 Å². The van der Waals surface area contributed by atoms with Crippen LogP contribution in [0.5, 0.6) is 0 Å². The van der Waals surface area contributed by atoms with Crippen molar-refractivity contribution >= 4 is 28.5 Å². The Labute approximate surface area is 185 Å². The maximum absolute atomic E-state index is 2.44. The van der Waals surface area contributed by atoms with E-state index in [1.54, 1.807) is 0 Å². The van der Waals surface area contributed by atoms with Crippen LogP contribution in [-0.4, -0.2) is 29.5 Å². The second-order valence-corrected chi connectivity index (χ2v) is 8.15. The zero-order valence-electron chi connectivity index (χ0n) is 19.2. The van der Waals surface area contributed by atoms with Gasteiger partial charge < -0.3 is 9.47 Å². The Kier molecular flexibility index (Phi) is 5.94. The Bertz CT molecular complexity index is 1200. The molecule has 1 heterocycles. The number of anilines is 1. The molecule has 0 aliphatic heterocycles. The Balaban J connectivity index is 2.00. The summed E-state index contributed by atoms with van der Waals surface area (Å²) in [5, 5.41) is 1.33. The molecule has 0 saturated heterocycles. The predicted octanol–water partition coefficient (Wildman–Crippen LogP) is 6.56. The zero-order chi connectivity index (χ0) is 22.0. The van der Waals surface area contributed by atoms with Gasteiger partial charge in [0.2, 0.25) is 11.7 Å². The van der Waals surface area contributed by atoms with E-state index in [2.05, 4.69) is 134 Å². The standard InChI is InChI=1S/C28H32N3/c1-6-30-21(3)27(25-15-11-12-16-26(25)30)28(22-17-19-23(20-18-22)29(4)5)31(7-2)24-13-9-8-10-14-24/h7-20,28H,6H2,1-5H3/q+1. The molecule has 3 aromatic carbocycles. The van der Waals surface area contributed by atoms with Crippen molar-refractivity contribution in [3.63, 3.8) is 0 Å². The number of rotatable bonds is 6. The van der Waals surface area contributed by atoms with Crippen LogP contribution in [-0.2, 0) is 6.54 Å². The summed E-state index contributed by atoms with van der Waals surface area (Å²) in [6, 6.07) is 28.5. The molecule has 0 aliphatic rings. The first kappa shape index (κ1) is 20.9. The minimum atomic E-state index is 0.0845. The molecule has 3 heteroatoms. The highest BCUT2D eigenvalue weighted by Crippen LogP contribution is 2.39. The number of nitrogens with zero attached hydrogens (tertiary/aromatic N) is 3. The van der Waals surface area contributed by atoms with E-state index in [1.165, 1.54) is 39.1 Å². The topological polar surface area (TPSA) is 11.2 Å². The van der Waals surface area contributed by atoms with Gasteiger partial charge in [-0.15, -0.1) is 0 Å². The van der Waals surface area contributed by atoms with Crippen LogP contribution in [0, 0.1) is 6.92 Å². The maximum Gasteiger partial charge on any atom is 0.211 e. The third kappa shape index (κ3) is 3.76. The molecule has 0 bridgehead atoms. The number of fused-ring (bicyclic) bond motifs is 1. The largest absolute Gasteiger partial charge is 0.378 e. The van der Waals surface area contributed by atoms with Gasteiger partial charge in [-0.2, -0.15) is 4.58 Å². The van der Waals surface area contributed by atoms with E-state index in [-0.39, 0.29) is 6.04 Å². The molecule has 1 aromatic heterocycles. The molecule has 3 nitrogen and oxygen atoms in total. The molecule has 4 rings (SSSR count). The van der Waals surface area contributed by atoms with Crippen molar-refractivity contribution in [1.82, 2.24) is 4.57 Å². The summed E-state index contributed by atoms with van der Waals surface area (Å²) >= 11 is 0. The lowest BCUT2D eigenvalue weighted by Gasteiger charge is -2.19. The quantitative estimate of drug-likeness (QED) is 0.259. The molecule has 31 heavy (non-hydrogen) atoms. The maximum atomic E-state index is 2.44. The SMILES string of the molecule is CC=[N+](c1ccccc1)C(c1ccc(N(C)C)cc1)c1c(C)n(CC)c2ccccc12. The molecule has 0 fully saturated rings. The normalized spacial score (nSPS) is 12.9. The second kappa shape index (κ2) is 8.81. The lowest BCUT2D eigenvalue weighted by molar-refractivity contribution is -0.475. The van der Waals surface area contributed by atoms with Gasteiger partial charge in [0, 0.05) is 67.5 Å². The highest BCUT2D eigenvalue weighted by molar-refractivity contribution is 5.86. The molecular weight excluding hydrogens is 378 g/mol. The Morgan fingerprint density at radius 3 is 2.16 bits per heavy atom. The van der Waals surface area contributed by atoms with Gasteiger partial charge in [-0.1, -0.05) is 36.4 Å². The third-order valence-electron chi connectivity index (χ3n) is 6.21. The predicted molar refractivity (Wildman–Crippen MR) is 133 cm³/mol. The first-order valence-electron chi connectivity index (χ1n) is 11.0. The van der Waals surface area contributed by atoms with E-state index in [0.717, 1.165) is 6.54 Å². The van der Waals surface area contributed by atoms with E-state index >= 15 is 0 Å². The average Bonchev–Trinajstić information content (AvgIpc) is 3.09. The van der Waals surface area contributed by atoms with E-state index < -0.39 is 0 Å². The van der Waals surface area contributed by atoms with Gasteiger partial charge in [0.05, 0.1) is 5.56 Å². The van der Waals surface area contributed by atoms with Crippen LogP contribution in [0.2, 0.25) is 0 Å². The van der Waals surface area contributed by atoms with Crippen molar-refractivity contribution in [2.45, 2.75) is 33.4 Å². The monoisotopic (exact) mass is 410 g/mol. The summed E-state index contributed by atoms with van der Waals surface area (Å²) in [6.45, 7) is 7.58. The zero-order valence-corrected chi connectivity index (χ0v) is 19.2. The molecule has 158 valence electrons. The molecule has 0 amide bonds. The van der Waals surface area contributed by atoms with Crippen molar-refractivity contribution in [2.75, 3.05) is 19.0 Å². The highest BCUT2D eigenvalue weighted by atomic mass is 15.1. The summed E-state index contributed by atoms with van der Waals surface area (Å²) in [5.41, 5.74) is 7.69. The first-order chi connectivity index (χ1) is 15.1. The summed E-state index contributed by atoms with van der Waals surface area (Å²) in [5.74, 6) is 0. The molecule has 0 radical (unpaired) electrons. The van der Waals surface area contributed by atoms with Crippen LogP contribution in [0.25, 0.3) is 10.9 Å². The molecular formula is C28H32N3+. The van der Waals surface area contributed by atoms with E-state index in [0.29, 0.717) is 0 Å². The number of aryl methyl sites for hydroxylation is 1. The molecule has 1 unspecified atom stereocenters. The summed E-state index contributed by atoms with van der Waals surface area (Å²) in [7, 11) is 4.17. The van der Waals surface area contributed by atoms with Crippen LogP contribution in [0.1, 0.15) is 36.7 Å². The lowest BCUT2D eigenvalue weighted by atomic mass is 9.94. The second-order valence-electron chi connectivity index (χ2n) is 8.15. The summed E-state index contributed by atoms with van der Waals surface area (Å²) < 4.78 is 4.84. The molecule has 1 atom stereocenters. The van der Waals surface area contributed by atoms with Crippen LogP contribution in [0.4, 0.5) is 11.4 Å². The van der Waals surface area contributed by atoms with E-state index in [4.69, 9.17) is 0 Å². The summed E-state index contributed by atoms with van der Waals surface area (Å²) in [6.07, 6.45) is 2.21. The van der Waals surface area contributed by atoms with Crippen molar-refractivity contribution in [2.24, 2.45) is 0 Å². The first-order valence-corrected chi connectivity index (χ1v) is 11.0. The van der Waals surface area contributed by atoms with Gasteiger partial charge in [0.25, 0.3) is 0 Å². The molecule has 0 saturated carbocycles. The molecule has 4 aromatic rings. The number of hydrogen-bond acceptors (Lipinski definition) is 1. The highest BCUT2D eigenvalue weighted by Gasteiger charge is 2.32. The minimum Gasteiger partial charge on any atom is -0.378 e. The molecule has 0 spiro atoms. The fourth-order valence-corrected chi connectivity index (χ4v) is 4.68. The smallest absolute Gasteiger partial charge is 0.211 e. The van der Waals surface area contributed by atoms with E-state index in [1.807, 2.05) is 0 Å². The van der Waals surface area contributed by atoms with Gasteiger partial charge in [-0.05, 0) is 44.2 Å². The lowest BCUT2D eigenvalue weighted by Crippen LogP contribution is -2.18. The number of aromatic nitrogens is 1. The van der Waals surface area contributed by atoms with E-state index in [9.17, 15) is 0 Å². The Morgan fingerprint density at radius 1 is 0.903 bits per heavy atom. The van der Waals surface area contributed by atoms with Crippen LogP contribution in [0.15, 0.2) is 78.9 Å². The Hall–Kier alpha value is -3.33. The van der Waals surface area contributed by atoms with Gasteiger partial charge in [0.15, 0.2) is 0 Å². The van der Waals surface area contributed by atoms with Gasteiger partial charge >= 0.3 is 0 Å². The number of benzene rings is 3. The van der Waals surface area contributed by atoms with Crippen LogP contribution >= 0.6 is 0 Å². The van der Waals surface area contributed by atoms with Crippen LogP contribution in [0.3, 0.4) is 0 Å². The van der Waals surface area contributed by atoms with Crippen molar-refractivity contribution in [3.05, 3.63) is 95.7 Å². The molecule has 0 N–H and O–H groups in total. The van der Waals surface area contributed by atoms with Crippen molar-refractivity contribution < 1.29 is 4.58 Å². The molecule has 0 aliphatic carbocycles. The number of para-hydroxylation sites is 2. The van der Waals surface area contributed by atoms with Crippen molar-refractivity contribution in [3.8, 4) is 0 Å². The van der Waals surface area contributed by atoms with Crippen molar-refractivity contribution in [1.29, 1.82) is 0 Å². The summed E-state index contributed by atoms with van der Waals surface area (Å²) in [4.78, 5) is 2.15.